The zero-order valence-corrected chi connectivity index (χ0v) is 15.5. The number of halogens is 2. The van der Waals surface area contributed by atoms with E-state index < -0.39 is 0 Å². The Labute approximate surface area is 151 Å². The number of benzene rings is 1. The van der Waals surface area contributed by atoms with Gasteiger partial charge in [0, 0.05) is 10.4 Å². The summed E-state index contributed by atoms with van der Waals surface area (Å²) in [5.41, 5.74) is 1.01. The molecule has 2 N–H and O–H groups in total. The molecular formula is C16H22BrClN2O3. The summed E-state index contributed by atoms with van der Waals surface area (Å²) in [6.45, 7) is 4.96. The van der Waals surface area contributed by atoms with Crippen molar-refractivity contribution in [1.82, 2.24) is 10.6 Å². The van der Waals surface area contributed by atoms with E-state index in [0.29, 0.717) is 13.2 Å². The van der Waals surface area contributed by atoms with Crippen molar-refractivity contribution in [2.45, 2.75) is 25.8 Å². The Kier molecular flexibility index (Phi) is 6.56. The number of ether oxygens (including phenoxy) is 2. The van der Waals surface area contributed by atoms with Crippen LogP contribution in [0.25, 0.3) is 0 Å². The number of carbonyl (C=O) groups is 1. The second-order valence-electron chi connectivity index (χ2n) is 5.77. The van der Waals surface area contributed by atoms with Crippen molar-refractivity contribution in [2.24, 2.45) is 5.92 Å². The summed E-state index contributed by atoms with van der Waals surface area (Å²) in [6, 6.07) is 3.79. The minimum Gasteiger partial charge on any atom is -0.486 e. The molecular weight excluding hydrogens is 384 g/mol. The summed E-state index contributed by atoms with van der Waals surface area (Å²) in [5.74, 6) is 1.74. The second-order valence-corrected chi connectivity index (χ2v) is 6.63. The molecule has 2 heterocycles. The molecule has 1 amide bonds. The van der Waals surface area contributed by atoms with Gasteiger partial charge in [-0.15, -0.1) is 12.4 Å². The Bertz CT molecular complexity index is 565. The van der Waals surface area contributed by atoms with Gasteiger partial charge < -0.3 is 20.1 Å². The van der Waals surface area contributed by atoms with Gasteiger partial charge in [0.05, 0.1) is 6.04 Å². The Morgan fingerprint density at radius 2 is 1.87 bits per heavy atom. The van der Waals surface area contributed by atoms with Crippen molar-refractivity contribution in [1.29, 1.82) is 0 Å². The second kappa shape index (κ2) is 8.22. The van der Waals surface area contributed by atoms with Gasteiger partial charge in [-0.1, -0.05) is 15.9 Å². The number of carbonyl (C=O) groups excluding carboxylic acids is 1. The Balaban J connectivity index is 0.00000192. The molecule has 1 fully saturated rings. The molecule has 0 aromatic heterocycles. The first-order chi connectivity index (χ1) is 10.6. The number of nitrogens with one attached hydrogen (secondary N) is 2. The van der Waals surface area contributed by atoms with Crippen LogP contribution in [0.3, 0.4) is 0 Å². The lowest BCUT2D eigenvalue weighted by molar-refractivity contribution is -0.126. The van der Waals surface area contributed by atoms with E-state index in [2.05, 4.69) is 26.6 Å². The molecule has 128 valence electrons. The van der Waals surface area contributed by atoms with E-state index in [1.807, 2.05) is 19.1 Å². The number of amides is 1. The SMILES string of the molecule is CC(NC(=O)C1CCNCC1)c1cc2c(cc1Br)OCCO2.Cl. The van der Waals surface area contributed by atoms with Crippen molar-refractivity contribution in [2.75, 3.05) is 26.3 Å². The fraction of sp³-hybridized carbons (Fsp3) is 0.562. The van der Waals surface area contributed by atoms with Gasteiger partial charge in [-0.05, 0) is 50.6 Å². The van der Waals surface area contributed by atoms with Crippen molar-refractivity contribution < 1.29 is 14.3 Å². The van der Waals surface area contributed by atoms with E-state index in [1.165, 1.54) is 0 Å². The molecule has 23 heavy (non-hydrogen) atoms. The molecule has 1 unspecified atom stereocenters. The summed E-state index contributed by atoms with van der Waals surface area (Å²) in [7, 11) is 0. The first kappa shape index (κ1) is 18.4. The number of fused-ring (bicyclic) bond motifs is 1. The first-order valence-electron chi connectivity index (χ1n) is 7.75. The third kappa shape index (κ3) is 4.31. The van der Waals surface area contributed by atoms with Crippen LogP contribution in [-0.2, 0) is 4.79 Å². The number of piperidine rings is 1. The summed E-state index contributed by atoms with van der Waals surface area (Å²) in [6.07, 6.45) is 1.81. The van der Waals surface area contributed by atoms with E-state index in [1.54, 1.807) is 0 Å². The minimum atomic E-state index is -0.0763. The summed E-state index contributed by atoms with van der Waals surface area (Å²) < 4.78 is 12.1. The first-order valence-corrected chi connectivity index (χ1v) is 8.54. The summed E-state index contributed by atoms with van der Waals surface area (Å²) >= 11 is 3.57. The quantitative estimate of drug-likeness (QED) is 0.812. The largest absolute Gasteiger partial charge is 0.486 e. The molecule has 0 spiro atoms. The Morgan fingerprint density at radius 1 is 1.26 bits per heavy atom. The summed E-state index contributed by atoms with van der Waals surface area (Å²) in [5, 5.41) is 6.40. The van der Waals surface area contributed by atoms with Gasteiger partial charge in [0.1, 0.15) is 13.2 Å². The van der Waals surface area contributed by atoms with Crippen molar-refractivity contribution in [3.05, 3.63) is 22.2 Å². The van der Waals surface area contributed by atoms with Gasteiger partial charge in [-0.2, -0.15) is 0 Å². The molecule has 3 rings (SSSR count). The predicted molar refractivity (Wildman–Crippen MR) is 94.5 cm³/mol. The standard InChI is InChI=1S/C16H21BrN2O3.ClH/c1-10(19-16(20)11-2-4-18-5-3-11)12-8-14-15(9-13(12)17)22-7-6-21-14;/h8-11,18H,2-7H2,1H3,(H,19,20);1H. The van der Waals surface area contributed by atoms with Gasteiger partial charge in [0.2, 0.25) is 5.91 Å². The molecule has 1 atom stereocenters. The molecule has 0 bridgehead atoms. The highest BCUT2D eigenvalue weighted by Crippen LogP contribution is 2.37. The lowest BCUT2D eigenvalue weighted by atomic mass is 9.96. The fourth-order valence-corrected chi connectivity index (χ4v) is 3.57. The van der Waals surface area contributed by atoms with Crippen LogP contribution in [0.5, 0.6) is 11.5 Å². The van der Waals surface area contributed by atoms with Crippen molar-refractivity contribution in [3.63, 3.8) is 0 Å². The lowest BCUT2D eigenvalue weighted by Crippen LogP contribution is -2.39. The van der Waals surface area contributed by atoms with Gasteiger partial charge >= 0.3 is 0 Å². The van der Waals surface area contributed by atoms with Crippen molar-refractivity contribution >= 4 is 34.2 Å². The molecule has 1 aromatic carbocycles. The van der Waals surface area contributed by atoms with Gasteiger partial charge in [-0.3, -0.25) is 4.79 Å². The van der Waals surface area contributed by atoms with E-state index >= 15 is 0 Å². The number of rotatable bonds is 3. The van der Waals surface area contributed by atoms with E-state index in [4.69, 9.17) is 9.47 Å². The molecule has 0 saturated carbocycles. The number of hydrogen-bond donors (Lipinski definition) is 2. The van der Waals surface area contributed by atoms with Crippen molar-refractivity contribution in [3.8, 4) is 11.5 Å². The smallest absolute Gasteiger partial charge is 0.223 e. The average molecular weight is 406 g/mol. The van der Waals surface area contributed by atoms with Crippen LogP contribution in [0.15, 0.2) is 16.6 Å². The van der Waals surface area contributed by atoms with E-state index in [-0.39, 0.29) is 30.3 Å². The zero-order chi connectivity index (χ0) is 15.5. The van der Waals surface area contributed by atoms with Crippen LogP contribution in [0.4, 0.5) is 0 Å². The van der Waals surface area contributed by atoms with Crippen LogP contribution in [-0.4, -0.2) is 32.2 Å². The van der Waals surface area contributed by atoms with E-state index in [0.717, 1.165) is 47.5 Å². The molecule has 2 aliphatic rings. The van der Waals surface area contributed by atoms with Gasteiger partial charge in [0.25, 0.3) is 0 Å². The molecule has 1 saturated heterocycles. The molecule has 1 aromatic rings. The highest BCUT2D eigenvalue weighted by molar-refractivity contribution is 9.10. The molecule has 7 heteroatoms. The maximum absolute atomic E-state index is 12.4. The van der Waals surface area contributed by atoms with Crippen LogP contribution < -0.4 is 20.1 Å². The van der Waals surface area contributed by atoms with Crippen LogP contribution >= 0.6 is 28.3 Å². The lowest BCUT2D eigenvalue weighted by Gasteiger charge is -2.25. The normalized spacial score (nSPS) is 18.7. The monoisotopic (exact) mass is 404 g/mol. The van der Waals surface area contributed by atoms with Crippen LogP contribution in [0.2, 0.25) is 0 Å². The predicted octanol–water partition coefficient (Wildman–Crippen LogP) is 2.82. The number of hydrogen-bond acceptors (Lipinski definition) is 4. The Morgan fingerprint density at radius 3 is 2.52 bits per heavy atom. The average Bonchev–Trinajstić information content (AvgIpc) is 2.54. The maximum atomic E-state index is 12.4. The highest BCUT2D eigenvalue weighted by Gasteiger charge is 2.24. The third-order valence-corrected chi connectivity index (χ3v) is 4.88. The van der Waals surface area contributed by atoms with Crippen LogP contribution in [0.1, 0.15) is 31.4 Å². The maximum Gasteiger partial charge on any atom is 0.223 e. The zero-order valence-electron chi connectivity index (χ0n) is 13.1. The molecule has 5 nitrogen and oxygen atoms in total. The fourth-order valence-electron chi connectivity index (χ4n) is 2.90. The Hall–Kier alpha value is -0.980. The molecule has 0 aliphatic carbocycles. The topological polar surface area (TPSA) is 59.6 Å². The third-order valence-electron chi connectivity index (χ3n) is 4.20. The summed E-state index contributed by atoms with van der Waals surface area (Å²) in [4.78, 5) is 12.4. The van der Waals surface area contributed by atoms with Gasteiger partial charge in [-0.25, -0.2) is 0 Å². The van der Waals surface area contributed by atoms with Crippen LogP contribution in [0, 0.1) is 5.92 Å². The van der Waals surface area contributed by atoms with E-state index in [9.17, 15) is 4.79 Å². The minimum absolute atomic E-state index is 0. The molecule has 0 radical (unpaired) electrons. The highest BCUT2D eigenvalue weighted by atomic mass is 79.9. The van der Waals surface area contributed by atoms with Gasteiger partial charge in [0.15, 0.2) is 11.5 Å². The molecule has 2 aliphatic heterocycles.